The van der Waals surface area contributed by atoms with Crippen LogP contribution in [0.2, 0.25) is 0 Å². The van der Waals surface area contributed by atoms with E-state index < -0.39 is 11.7 Å². The Bertz CT molecular complexity index is 407. The molecule has 1 N–H and O–H groups in total. The molecule has 0 aliphatic carbocycles. The zero-order valence-electron chi connectivity index (χ0n) is 18.1. The highest BCUT2D eigenvalue weighted by Gasteiger charge is 2.22. The van der Waals surface area contributed by atoms with Gasteiger partial charge in [0.15, 0.2) is 0 Å². The van der Waals surface area contributed by atoms with Gasteiger partial charge in [-0.3, -0.25) is 0 Å². The van der Waals surface area contributed by atoms with E-state index in [0.29, 0.717) is 24.9 Å². The minimum atomic E-state index is -0.554. The van der Waals surface area contributed by atoms with Gasteiger partial charge in [0.1, 0.15) is 12.2 Å². The zero-order valence-corrected chi connectivity index (χ0v) is 18.1. The van der Waals surface area contributed by atoms with E-state index in [0.717, 1.165) is 19.3 Å². The lowest BCUT2D eigenvalue weighted by Gasteiger charge is -2.27. The molecule has 1 atom stereocenters. The Morgan fingerprint density at radius 1 is 1.04 bits per heavy atom. The fraction of sp³-hybridized carbons (Fsp3) is 0.900. The number of hydrogen-bond acceptors (Lipinski definition) is 4. The number of carbonyl (C=O) groups excluding carboxylic acids is 2. The second-order valence-electron chi connectivity index (χ2n) is 8.75. The van der Waals surface area contributed by atoms with Crippen LogP contribution in [0.25, 0.3) is 0 Å². The van der Waals surface area contributed by atoms with Crippen molar-refractivity contribution in [2.24, 2.45) is 11.8 Å². The molecule has 6 heteroatoms. The number of hydrogen-bond donors (Lipinski definition) is 1. The van der Waals surface area contributed by atoms with Crippen molar-refractivity contribution in [3.05, 3.63) is 0 Å². The molecule has 6 nitrogen and oxygen atoms in total. The van der Waals surface area contributed by atoms with Crippen LogP contribution in [0.4, 0.5) is 9.59 Å². The lowest BCUT2D eigenvalue weighted by Crippen LogP contribution is -2.44. The first-order valence-corrected chi connectivity index (χ1v) is 9.85. The largest absolute Gasteiger partial charge is 0.447 e. The molecule has 2 amide bonds. The second kappa shape index (κ2) is 12.0. The molecule has 0 aromatic heterocycles. The number of unbranched alkanes of at least 4 members (excludes halogenated alkanes) is 1. The molecule has 26 heavy (non-hydrogen) atoms. The predicted molar refractivity (Wildman–Crippen MR) is 105 cm³/mol. The van der Waals surface area contributed by atoms with E-state index in [9.17, 15) is 9.59 Å². The van der Waals surface area contributed by atoms with E-state index in [2.05, 4.69) is 39.9 Å². The maximum absolute atomic E-state index is 12.5. The summed E-state index contributed by atoms with van der Waals surface area (Å²) in [5.74, 6) is 0.745. The average molecular weight is 373 g/mol. The van der Waals surface area contributed by atoms with Gasteiger partial charge in [-0.15, -0.1) is 0 Å². The highest BCUT2D eigenvalue weighted by molar-refractivity contribution is 5.69. The number of rotatable bonds is 10. The first kappa shape index (κ1) is 24.5. The third-order valence-corrected chi connectivity index (χ3v) is 3.46. The Labute approximate surface area is 160 Å². The number of nitrogens with one attached hydrogen (secondary N) is 1. The number of alkyl carbamates (subject to hydrolysis) is 1. The summed E-state index contributed by atoms with van der Waals surface area (Å²) < 4.78 is 10.8. The summed E-state index contributed by atoms with van der Waals surface area (Å²) in [6.07, 6.45) is 1.90. The van der Waals surface area contributed by atoms with Crippen LogP contribution in [0.1, 0.15) is 74.7 Å². The Morgan fingerprint density at radius 2 is 1.58 bits per heavy atom. The molecular formula is C20H40N2O4. The van der Waals surface area contributed by atoms with Gasteiger partial charge >= 0.3 is 12.2 Å². The highest BCUT2D eigenvalue weighted by atomic mass is 16.6. The van der Waals surface area contributed by atoms with Crippen molar-refractivity contribution in [3.8, 4) is 0 Å². The summed E-state index contributed by atoms with van der Waals surface area (Å²) in [6.45, 7) is 17.4. The molecule has 0 unspecified atom stereocenters. The van der Waals surface area contributed by atoms with Crippen LogP contribution in [0.15, 0.2) is 0 Å². The molecule has 154 valence electrons. The van der Waals surface area contributed by atoms with E-state index in [-0.39, 0.29) is 18.7 Å². The van der Waals surface area contributed by atoms with Crippen LogP contribution in [0, 0.1) is 11.8 Å². The molecule has 0 saturated carbocycles. The fourth-order valence-electron chi connectivity index (χ4n) is 2.49. The van der Waals surface area contributed by atoms with Gasteiger partial charge in [-0.05, 0) is 39.0 Å². The maximum Gasteiger partial charge on any atom is 0.409 e. The Hall–Kier alpha value is -1.46. The number of nitrogens with zero attached hydrogens (tertiary/aromatic N) is 1. The Kier molecular flexibility index (Phi) is 11.3. The van der Waals surface area contributed by atoms with Crippen molar-refractivity contribution < 1.29 is 19.1 Å². The summed E-state index contributed by atoms with van der Waals surface area (Å²) in [5.41, 5.74) is -0.554. The monoisotopic (exact) mass is 372 g/mol. The van der Waals surface area contributed by atoms with Gasteiger partial charge in [0.2, 0.25) is 0 Å². The van der Waals surface area contributed by atoms with Crippen molar-refractivity contribution in [1.29, 1.82) is 0 Å². The molecule has 0 bridgehead atoms. The predicted octanol–water partition coefficient (Wildman–Crippen LogP) is 4.82. The molecule has 0 radical (unpaired) electrons. The Morgan fingerprint density at radius 3 is 2.00 bits per heavy atom. The lowest BCUT2D eigenvalue weighted by molar-refractivity contribution is 0.0440. The van der Waals surface area contributed by atoms with Gasteiger partial charge in [0.05, 0.1) is 6.04 Å². The first-order valence-electron chi connectivity index (χ1n) is 9.85. The van der Waals surface area contributed by atoms with Crippen LogP contribution in [0.3, 0.4) is 0 Å². The first-order chi connectivity index (χ1) is 11.9. The van der Waals surface area contributed by atoms with E-state index in [4.69, 9.17) is 9.47 Å². The lowest BCUT2D eigenvalue weighted by atomic mass is 10.1. The van der Waals surface area contributed by atoms with Crippen LogP contribution in [-0.4, -0.2) is 48.4 Å². The van der Waals surface area contributed by atoms with Crippen molar-refractivity contribution in [1.82, 2.24) is 10.2 Å². The van der Waals surface area contributed by atoms with Gasteiger partial charge in [0, 0.05) is 13.1 Å². The van der Waals surface area contributed by atoms with Crippen LogP contribution < -0.4 is 5.32 Å². The van der Waals surface area contributed by atoms with Gasteiger partial charge in [0.25, 0.3) is 0 Å². The average Bonchev–Trinajstić information content (AvgIpc) is 2.46. The second-order valence-corrected chi connectivity index (χ2v) is 8.75. The molecule has 0 fully saturated rings. The fourth-order valence-corrected chi connectivity index (χ4v) is 2.49. The number of ether oxygens (including phenoxy) is 2. The van der Waals surface area contributed by atoms with Crippen LogP contribution in [0.5, 0.6) is 0 Å². The van der Waals surface area contributed by atoms with Crippen molar-refractivity contribution in [2.45, 2.75) is 86.3 Å². The zero-order chi connectivity index (χ0) is 20.3. The molecule has 0 heterocycles. The van der Waals surface area contributed by atoms with Crippen molar-refractivity contribution >= 4 is 12.2 Å². The van der Waals surface area contributed by atoms with Crippen molar-refractivity contribution in [2.75, 3.05) is 19.7 Å². The summed E-state index contributed by atoms with van der Waals surface area (Å²) in [7, 11) is 0. The van der Waals surface area contributed by atoms with Gasteiger partial charge in [-0.1, -0.05) is 47.5 Å². The minimum Gasteiger partial charge on any atom is -0.447 e. The standard InChI is InChI=1S/C20H40N2O4/c1-9-10-11-17(21-18(23)26-20(6,7)8)14-25-19(24)22(12-15(2)3)13-16(4)5/h15-17H,9-14H2,1-8H3,(H,21,23)/t17-/m0/s1. The summed E-state index contributed by atoms with van der Waals surface area (Å²) in [4.78, 5) is 26.2. The van der Waals surface area contributed by atoms with Crippen LogP contribution >= 0.6 is 0 Å². The summed E-state index contributed by atoms with van der Waals surface area (Å²) in [5, 5.41) is 2.83. The van der Waals surface area contributed by atoms with Gasteiger partial charge < -0.3 is 19.7 Å². The SMILES string of the molecule is CCCC[C@@H](COC(=O)N(CC(C)C)CC(C)C)NC(=O)OC(C)(C)C. The molecular weight excluding hydrogens is 332 g/mol. The number of carbonyl (C=O) groups is 2. The van der Waals surface area contributed by atoms with E-state index in [1.165, 1.54) is 0 Å². The van der Waals surface area contributed by atoms with E-state index >= 15 is 0 Å². The van der Waals surface area contributed by atoms with Crippen molar-refractivity contribution in [3.63, 3.8) is 0 Å². The highest BCUT2D eigenvalue weighted by Crippen LogP contribution is 2.10. The molecule has 0 saturated heterocycles. The molecule has 0 aliphatic rings. The van der Waals surface area contributed by atoms with Gasteiger partial charge in [-0.2, -0.15) is 0 Å². The molecule has 0 aromatic rings. The van der Waals surface area contributed by atoms with Gasteiger partial charge in [-0.25, -0.2) is 9.59 Å². The molecule has 0 rings (SSSR count). The van der Waals surface area contributed by atoms with E-state index in [1.807, 2.05) is 20.8 Å². The summed E-state index contributed by atoms with van der Waals surface area (Å²) >= 11 is 0. The van der Waals surface area contributed by atoms with Crippen LogP contribution in [-0.2, 0) is 9.47 Å². The quantitative estimate of drug-likeness (QED) is 0.597. The van der Waals surface area contributed by atoms with E-state index in [1.54, 1.807) is 4.90 Å². The molecule has 0 aliphatic heterocycles. The minimum absolute atomic E-state index is 0.158. The Balaban J connectivity index is 4.72. The number of amides is 2. The maximum atomic E-state index is 12.5. The smallest absolute Gasteiger partial charge is 0.409 e. The molecule has 0 spiro atoms. The third kappa shape index (κ3) is 12.8. The topological polar surface area (TPSA) is 67.9 Å². The summed E-state index contributed by atoms with van der Waals surface area (Å²) in [6, 6.07) is -0.242. The normalized spacial score (nSPS) is 12.8. The third-order valence-electron chi connectivity index (χ3n) is 3.46. The molecule has 0 aromatic carbocycles.